The number of carbonyl (C=O) groups excluding carboxylic acids is 2. The molecule has 1 heterocycles. The van der Waals surface area contributed by atoms with Crippen LogP contribution in [-0.4, -0.2) is 60.9 Å². The molecule has 0 aliphatic carbocycles. The van der Waals surface area contributed by atoms with E-state index < -0.39 is 0 Å². The number of benzene rings is 1. The minimum atomic E-state index is -0.359. The molecule has 1 aliphatic rings. The molecule has 0 unspecified atom stereocenters. The molecule has 1 aliphatic heterocycles. The van der Waals surface area contributed by atoms with E-state index in [4.69, 9.17) is 0 Å². The lowest BCUT2D eigenvalue weighted by Crippen LogP contribution is -2.57. The van der Waals surface area contributed by atoms with Crippen molar-refractivity contribution in [3.05, 3.63) is 35.9 Å². The quantitative estimate of drug-likeness (QED) is 0.693. The predicted octanol–water partition coefficient (Wildman–Crippen LogP) is 0.899. The van der Waals surface area contributed by atoms with E-state index >= 15 is 0 Å². The maximum absolute atomic E-state index is 12.1. The number of rotatable bonds is 8. The van der Waals surface area contributed by atoms with Crippen molar-refractivity contribution >= 4 is 23.6 Å². The molecular weight excluding hydrogens is 310 g/mol. The number of nitrogens with zero attached hydrogens (tertiary/aromatic N) is 1. The Morgan fingerprint density at radius 2 is 2.17 bits per heavy atom. The molecule has 1 aromatic rings. The predicted molar refractivity (Wildman–Crippen MR) is 94.5 cm³/mol. The molecule has 23 heavy (non-hydrogen) atoms. The molecule has 6 heteroatoms. The molecule has 0 spiro atoms. The topological polar surface area (TPSA) is 61.4 Å². The summed E-state index contributed by atoms with van der Waals surface area (Å²) in [6, 6.07) is 9.87. The summed E-state index contributed by atoms with van der Waals surface area (Å²) >= 11 is 1.69. The first kappa shape index (κ1) is 17.8. The molecular formula is C17H25N3O2S. The zero-order chi connectivity index (χ0) is 16.5. The zero-order valence-corrected chi connectivity index (χ0v) is 14.4. The van der Waals surface area contributed by atoms with Crippen LogP contribution in [0.3, 0.4) is 0 Å². The summed E-state index contributed by atoms with van der Waals surface area (Å²) in [7, 11) is 0. The number of amides is 2. The highest BCUT2D eigenvalue weighted by molar-refractivity contribution is 7.98. The summed E-state index contributed by atoms with van der Waals surface area (Å²) in [6.45, 7) is 2.89. The van der Waals surface area contributed by atoms with Gasteiger partial charge in [0.1, 0.15) is 0 Å². The zero-order valence-electron chi connectivity index (χ0n) is 13.6. The van der Waals surface area contributed by atoms with E-state index in [1.54, 1.807) is 11.8 Å². The Morgan fingerprint density at radius 1 is 1.39 bits per heavy atom. The molecule has 0 radical (unpaired) electrons. The Hall–Kier alpha value is -1.53. The first-order chi connectivity index (χ1) is 11.2. The third kappa shape index (κ3) is 5.88. The third-order valence-electron chi connectivity index (χ3n) is 3.98. The highest BCUT2D eigenvalue weighted by Crippen LogP contribution is 2.11. The van der Waals surface area contributed by atoms with Gasteiger partial charge in [0.25, 0.3) is 0 Å². The lowest BCUT2D eigenvalue weighted by atomic mass is 10.1. The summed E-state index contributed by atoms with van der Waals surface area (Å²) in [5, 5.41) is 5.75. The second kappa shape index (κ2) is 9.57. The van der Waals surface area contributed by atoms with E-state index in [-0.39, 0.29) is 24.3 Å². The number of hydrogen-bond donors (Lipinski definition) is 2. The van der Waals surface area contributed by atoms with Crippen LogP contribution in [0, 0.1) is 0 Å². The largest absolute Gasteiger partial charge is 0.355 e. The monoisotopic (exact) mass is 335 g/mol. The number of hydrogen-bond acceptors (Lipinski definition) is 4. The van der Waals surface area contributed by atoms with Gasteiger partial charge in [-0.25, -0.2) is 0 Å². The van der Waals surface area contributed by atoms with Crippen molar-refractivity contribution in [2.45, 2.75) is 18.9 Å². The van der Waals surface area contributed by atoms with Gasteiger partial charge in [-0.3, -0.25) is 14.5 Å². The van der Waals surface area contributed by atoms with E-state index in [2.05, 4.69) is 27.7 Å². The lowest BCUT2D eigenvalue weighted by molar-refractivity contribution is -0.133. The molecule has 2 N–H and O–H groups in total. The van der Waals surface area contributed by atoms with Crippen molar-refractivity contribution < 1.29 is 9.59 Å². The minimum absolute atomic E-state index is 0.0377. The van der Waals surface area contributed by atoms with E-state index in [1.165, 1.54) is 5.56 Å². The van der Waals surface area contributed by atoms with Crippen LogP contribution in [0.1, 0.15) is 12.0 Å². The fraction of sp³-hybridized carbons (Fsp3) is 0.529. The van der Waals surface area contributed by atoms with Crippen molar-refractivity contribution in [3.8, 4) is 0 Å². The van der Waals surface area contributed by atoms with Crippen LogP contribution in [-0.2, 0) is 16.0 Å². The SMILES string of the molecule is CSCCNC(=O)C[C@@H]1C(=O)NCCN1CCc1ccccc1. The molecule has 1 fully saturated rings. The summed E-state index contributed by atoms with van der Waals surface area (Å²) in [5.41, 5.74) is 1.25. The Kier molecular flexibility index (Phi) is 7.42. The van der Waals surface area contributed by atoms with Crippen molar-refractivity contribution in [1.29, 1.82) is 0 Å². The standard InChI is InChI=1S/C17H25N3O2S/c1-23-12-9-18-16(21)13-15-17(22)19-8-11-20(15)10-7-14-5-3-2-4-6-14/h2-6,15H,7-13H2,1H3,(H,18,21)(H,19,22)/t15-/m1/s1. The van der Waals surface area contributed by atoms with Crippen LogP contribution in [0.25, 0.3) is 0 Å². The van der Waals surface area contributed by atoms with Crippen LogP contribution < -0.4 is 10.6 Å². The fourth-order valence-electron chi connectivity index (χ4n) is 2.71. The molecule has 0 saturated carbocycles. The Morgan fingerprint density at radius 3 is 2.91 bits per heavy atom. The van der Waals surface area contributed by atoms with Gasteiger partial charge in [-0.1, -0.05) is 30.3 Å². The van der Waals surface area contributed by atoms with Crippen LogP contribution in [0.4, 0.5) is 0 Å². The van der Waals surface area contributed by atoms with Crippen LogP contribution in [0.5, 0.6) is 0 Å². The number of nitrogens with one attached hydrogen (secondary N) is 2. The summed E-state index contributed by atoms with van der Waals surface area (Å²) < 4.78 is 0. The number of thioether (sulfide) groups is 1. The second-order valence-corrected chi connectivity index (χ2v) is 6.61. The van der Waals surface area contributed by atoms with Gasteiger partial charge >= 0.3 is 0 Å². The van der Waals surface area contributed by atoms with Crippen LogP contribution in [0.15, 0.2) is 30.3 Å². The second-order valence-electron chi connectivity index (χ2n) is 5.63. The average molecular weight is 335 g/mol. The van der Waals surface area contributed by atoms with Gasteiger partial charge in [0.05, 0.1) is 12.5 Å². The minimum Gasteiger partial charge on any atom is -0.355 e. The number of piperazine rings is 1. The molecule has 2 rings (SSSR count). The lowest BCUT2D eigenvalue weighted by Gasteiger charge is -2.34. The van der Waals surface area contributed by atoms with E-state index in [0.29, 0.717) is 13.1 Å². The smallest absolute Gasteiger partial charge is 0.237 e. The Labute approximate surface area is 142 Å². The van der Waals surface area contributed by atoms with Gasteiger partial charge in [0, 0.05) is 31.9 Å². The Bertz CT molecular complexity index is 510. The highest BCUT2D eigenvalue weighted by atomic mass is 32.2. The number of carbonyl (C=O) groups is 2. The van der Waals surface area contributed by atoms with Gasteiger partial charge in [-0.2, -0.15) is 11.8 Å². The third-order valence-corrected chi connectivity index (χ3v) is 4.59. The van der Waals surface area contributed by atoms with Gasteiger partial charge < -0.3 is 10.6 Å². The van der Waals surface area contributed by atoms with Crippen LogP contribution in [0.2, 0.25) is 0 Å². The molecule has 126 valence electrons. The van der Waals surface area contributed by atoms with Crippen molar-refractivity contribution in [2.24, 2.45) is 0 Å². The first-order valence-corrected chi connectivity index (χ1v) is 9.41. The summed E-state index contributed by atoms with van der Waals surface area (Å²) in [6.07, 6.45) is 3.12. The molecule has 0 bridgehead atoms. The van der Waals surface area contributed by atoms with Crippen molar-refractivity contribution in [3.63, 3.8) is 0 Å². The molecule has 1 saturated heterocycles. The maximum Gasteiger partial charge on any atom is 0.237 e. The highest BCUT2D eigenvalue weighted by Gasteiger charge is 2.31. The first-order valence-electron chi connectivity index (χ1n) is 8.02. The van der Waals surface area contributed by atoms with Crippen LogP contribution >= 0.6 is 11.8 Å². The average Bonchev–Trinajstić information content (AvgIpc) is 2.56. The molecule has 5 nitrogen and oxygen atoms in total. The van der Waals surface area contributed by atoms with Crippen molar-refractivity contribution in [2.75, 3.05) is 38.2 Å². The van der Waals surface area contributed by atoms with Gasteiger partial charge in [0.15, 0.2) is 0 Å². The van der Waals surface area contributed by atoms with Crippen molar-refractivity contribution in [1.82, 2.24) is 15.5 Å². The molecule has 0 aromatic heterocycles. The van der Waals surface area contributed by atoms with E-state index in [9.17, 15) is 9.59 Å². The summed E-state index contributed by atoms with van der Waals surface area (Å²) in [5.74, 6) is 0.801. The van der Waals surface area contributed by atoms with Gasteiger partial charge in [-0.15, -0.1) is 0 Å². The normalized spacial score (nSPS) is 18.5. The Balaban J connectivity index is 1.87. The fourth-order valence-corrected chi connectivity index (χ4v) is 3.02. The van der Waals surface area contributed by atoms with E-state index in [1.807, 2.05) is 24.5 Å². The van der Waals surface area contributed by atoms with E-state index in [0.717, 1.165) is 25.3 Å². The van der Waals surface area contributed by atoms with Gasteiger partial charge in [0.2, 0.25) is 11.8 Å². The summed E-state index contributed by atoms with van der Waals surface area (Å²) in [4.78, 5) is 26.3. The van der Waals surface area contributed by atoms with Gasteiger partial charge in [-0.05, 0) is 18.2 Å². The molecule has 1 atom stereocenters. The molecule has 1 aromatic carbocycles. The maximum atomic E-state index is 12.1. The molecule has 2 amide bonds.